The van der Waals surface area contributed by atoms with Crippen LogP contribution in [-0.4, -0.2) is 47.8 Å². The lowest BCUT2D eigenvalue weighted by atomic mass is 10.0. The number of hydrogen-bond donors (Lipinski definition) is 2. The van der Waals surface area contributed by atoms with Crippen LogP contribution in [0, 0.1) is 11.7 Å². The summed E-state index contributed by atoms with van der Waals surface area (Å²) in [6, 6.07) is 9.38. The molecule has 1 aliphatic heterocycles. The van der Waals surface area contributed by atoms with Crippen molar-refractivity contribution in [3.8, 4) is 5.75 Å². The van der Waals surface area contributed by atoms with Gasteiger partial charge >= 0.3 is 6.03 Å². The number of urea groups is 1. The molecule has 2 N–H and O–H groups in total. The number of halogens is 2. The SMILES string of the molecule is CC(C)COc1ccc(CNC(=O)N(Cc2ccc(F)cn2)[C@H]2CCNC[C@H]2F)cc1. The third kappa shape index (κ3) is 6.89. The maximum Gasteiger partial charge on any atom is 0.318 e. The Balaban J connectivity index is 1.64. The molecule has 8 heteroatoms. The van der Waals surface area contributed by atoms with Crippen molar-refractivity contribution in [2.75, 3.05) is 19.7 Å². The second-order valence-electron chi connectivity index (χ2n) is 8.18. The third-order valence-electron chi connectivity index (χ3n) is 5.11. The van der Waals surface area contributed by atoms with Crippen molar-refractivity contribution in [2.45, 2.75) is 45.6 Å². The molecule has 0 spiro atoms. The molecule has 0 saturated carbocycles. The molecule has 31 heavy (non-hydrogen) atoms. The Morgan fingerprint density at radius 2 is 2.06 bits per heavy atom. The number of carbonyl (C=O) groups is 1. The van der Waals surface area contributed by atoms with Crippen LogP contribution in [-0.2, 0) is 13.1 Å². The highest BCUT2D eigenvalue weighted by atomic mass is 19.1. The number of piperidine rings is 1. The Hall–Kier alpha value is -2.74. The zero-order valence-electron chi connectivity index (χ0n) is 18.0. The fraction of sp³-hybridized carbons (Fsp3) is 0.478. The fourth-order valence-corrected chi connectivity index (χ4v) is 3.42. The Morgan fingerprint density at radius 3 is 2.71 bits per heavy atom. The average Bonchev–Trinajstić information content (AvgIpc) is 2.77. The maximum atomic E-state index is 14.6. The predicted octanol–water partition coefficient (Wildman–Crippen LogP) is 3.67. The number of benzene rings is 1. The standard InChI is InChI=1S/C23H30F2N4O2/c1-16(2)15-31-20-7-3-17(4-8-20)11-28-23(30)29(22-9-10-26-13-21(22)25)14-19-6-5-18(24)12-27-19/h3-8,12,16,21-22,26H,9-11,13-15H2,1-2H3,(H,28,30)/t21-,22+/m1/s1. The van der Waals surface area contributed by atoms with Crippen molar-refractivity contribution < 1.29 is 18.3 Å². The van der Waals surface area contributed by atoms with Crippen LogP contribution in [0.3, 0.4) is 0 Å². The van der Waals surface area contributed by atoms with Gasteiger partial charge in [0.2, 0.25) is 0 Å². The molecule has 0 bridgehead atoms. The molecule has 6 nitrogen and oxygen atoms in total. The first-order valence-electron chi connectivity index (χ1n) is 10.6. The first-order valence-corrected chi connectivity index (χ1v) is 10.6. The molecule has 0 aliphatic carbocycles. The minimum atomic E-state index is -1.18. The van der Waals surface area contributed by atoms with Gasteiger partial charge in [-0.2, -0.15) is 0 Å². The summed E-state index contributed by atoms with van der Waals surface area (Å²) >= 11 is 0. The number of aromatic nitrogens is 1. The highest BCUT2D eigenvalue weighted by Gasteiger charge is 2.33. The van der Waals surface area contributed by atoms with Crippen molar-refractivity contribution in [2.24, 2.45) is 5.92 Å². The molecule has 1 aromatic heterocycles. The topological polar surface area (TPSA) is 66.5 Å². The number of ether oxygens (including phenoxy) is 1. The average molecular weight is 433 g/mol. The number of alkyl halides is 1. The number of hydrogen-bond acceptors (Lipinski definition) is 4. The van der Waals surface area contributed by atoms with E-state index in [1.165, 1.54) is 17.0 Å². The van der Waals surface area contributed by atoms with Crippen molar-refractivity contribution in [3.63, 3.8) is 0 Å². The van der Waals surface area contributed by atoms with Crippen molar-refractivity contribution in [1.29, 1.82) is 0 Å². The van der Waals surface area contributed by atoms with Gasteiger partial charge in [-0.1, -0.05) is 26.0 Å². The number of pyridine rings is 1. The van der Waals surface area contributed by atoms with E-state index in [1.54, 1.807) is 0 Å². The molecule has 2 amide bonds. The third-order valence-corrected chi connectivity index (χ3v) is 5.11. The predicted molar refractivity (Wildman–Crippen MR) is 115 cm³/mol. The summed E-state index contributed by atoms with van der Waals surface area (Å²) in [7, 11) is 0. The summed E-state index contributed by atoms with van der Waals surface area (Å²) in [4.78, 5) is 18.5. The lowest BCUT2D eigenvalue weighted by Gasteiger charge is -2.36. The first kappa shape index (κ1) is 22.9. The van der Waals surface area contributed by atoms with Gasteiger partial charge in [0, 0.05) is 13.1 Å². The van der Waals surface area contributed by atoms with Crippen LogP contribution in [0.2, 0.25) is 0 Å². The van der Waals surface area contributed by atoms with Crippen molar-refractivity contribution in [3.05, 3.63) is 59.7 Å². The van der Waals surface area contributed by atoms with Crippen LogP contribution in [0.25, 0.3) is 0 Å². The van der Waals surface area contributed by atoms with Gasteiger partial charge in [-0.25, -0.2) is 13.6 Å². The largest absolute Gasteiger partial charge is 0.493 e. The van der Waals surface area contributed by atoms with Gasteiger partial charge in [0.05, 0.1) is 31.1 Å². The number of rotatable bonds is 8. The zero-order chi connectivity index (χ0) is 22.2. The second-order valence-corrected chi connectivity index (χ2v) is 8.18. The van der Waals surface area contributed by atoms with Crippen LogP contribution in [0.4, 0.5) is 13.6 Å². The summed E-state index contributed by atoms with van der Waals surface area (Å²) in [5.74, 6) is 0.767. The first-order chi connectivity index (χ1) is 14.9. The van der Waals surface area contributed by atoms with E-state index in [2.05, 4.69) is 29.5 Å². The molecular weight excluding hydrogens is 402 g/mol. The van der Waals surface area contributed by atoms with E-state index in [0.29, 0.717) is 37.7 Å². The van der Waals surface area contributed by atoms with E-state index >= 15 is 0 Å². The van der Waals surface area contributed by atoms with Gasteiger partial charge in [0.15, 0.2) is 0 Å². The fourth-order valence-electron chi connectivity index (χ4n) is 3.42. The van der Waals surface area contributed by atoms with E-state index in [9.17, 15) is 13.6 Å². The number of nitrogens with zero attached hydrogens (tertiary/aromatic N) is 2. The molecule has 168 valence electrons. The highest BCUT2D eigenvalue weighted by Crippen LogP contribution is 2.19. The smallest absolute Gasteiger partial charge is 0.318 e. The Labute approximate surface area is 182 Å². The zero-order valence-corrected chi connectivity index (χ0v) is 18.0. The van der Waals surface area contributed by atoms with Crippen molar-refractivity contribution >= 4 is 6.03 Å². The van der Waals surface area contributed by atoms with E-state index in [1.807, 2.05) is 24.3 Å². The summed E-state index contributed by atoms with van der Waals surface area (Å²) in [5, 5.41) is 5.87. The van der Waals surface area contributed by atoms with Gasteiger partial charge in [-0.3, -0.25) is 4.98 Å². The monoisotopic (exact) mass is 432 g/mol. The Kier molecular flexibility index (Phi) is 8.17. The molecule has 2 heterocycles. The van der Waals surface area contributed by atoms with Crippen LogP contribution >= 0.6 is 0 Å². The molecule has 1 fully saturated rings. The lowest BCUT2D eigenvalue weighted by molar-refractivity contribution is 0.0963. The normalized spacial score (nSPS) is 18.6. The number of amides is 2. The minimum absolute atomic E-state index is 0.110. The molecule has 1 aromatic carbocycles. The van der Waals surface area contributed by atoms with Gasteiger partial charge in [-0.05, 0) is 48.7 Å². The minimum Gasteiger partial charge on any atom is -0.493 e. The molecule has 1 saturated heterocycles. The molecule has 2 aromatic rings. The second kappa shape index (κ2) is 11.0. The molecule has 3 rings (SSSR count). The van der Waals surface area contributed by atoms with Crippen LogP contribution in [0.15, 0.2) is 42.6 Å². The number of carbonyl (C=O) groups excluding carboxylic acids is 1. The summed E-state index contributed by atoms with van der Waals surface area (Å²) in [6.07, 6.45) is 0.416. The Bertz CT molecular complexity index is 830. The molecule has 0 radical (unpaired) electrons. The number of nitrogens with one attached hydrogen (secondary N) is 2. The quantitative estimate of drug-likeness (QED) is 0.668. The van der Waals surface area contributed by atoms with E-state index in [4.69, 9.17) is 4.74 Å². The summed E-state index contributed by atoms with van der Waals surface area (Å²) < 4.78 is 33.5. The summed E-state index contributed by atoms with van der Waals surface area (Å²) in [6.45, 7) is 6.05. The van der Waals surface area contributed by atoms with Crippen molar-refractivity contribution in [1.82, 2.24) is 20.5 Å². The molecule has 2 atom stereocenters. The van der Waals surface area contributed by atoms with E-state index in [0.717, 1.165) is 17.5 Å². The maximum absolute atomic E-state index is 14.6. The summed E-state index contributed by atoms with van der Waals surface area (Å²) in [5.41, 5.74) is 1.42. The van der Waals surface area contributed by atoms with Crippen LogP contribution in [0.1, 0.15) is 31.5 Å². The lowest BCUT2D eigenvalue weighted by Crippen LogP contribution is -2.55. The van der Waals surface area contributed by atoms with Crippen LogP contribution < -0.4 is 15.4 Å². The van der Waals surface area contributed by atoms with Gasteiger partial charge in [0.1, 0.15) is 17.7 Å². The van der Waals surface area contributed by atoms with E-state index < -0.39 is 18.0 Å². The highest BCUT2D eigenvalue weighted by molar-refractivity contribution is 5.74. The molecular formula is C23H30F2N4O2. The van der Waals surface area contributed by atoms with E-state index in [-0.39, 0.29) is 19.1 Å². The molecule has 0 unspecified atom stereocenters. The van der Waals surface area contributed by atoms with Gasteiger partial charge in [0.25, 0.3) is 0 Å². The van der Waals surface area contributed by atoms with Gasteiger partial charge in [-0.15, -0.1) is 0 Å². The Morgan fingerprint density at radius 1 is 1.29 bits per heavy atom. The van der Waals surface area contributed by atoms with Crippen LogP contribution in [0.5, 0.6) is 5.75 Å². The molecule has 1 aliphatic rings. The van der Waals surface area contributed by atoms with Gasteiger partial charge < -0.3 is 20.3 Å².